The van der Waals surface area contributed by atoms with Crippen molar-refractivity contribution in [3.8, 4) is 11.6 Å². The first-order valence-corrected chi connectivity index (χ1v) is 7.89. The number of nitrogens with zero attached hydrogens (tertiary/aromatic N) is 2. The maximum Gasteiger partial charge on any atom is 0.257 e. The zero-order valence-electron chi connectivity index (χ0n) is 12.7. The quantitative estimate of drug-likeness (QED) is 0.705. The Bertz CT molecular complexity index is 900. The zero-order chi connectivity index (χ0) is 17.8. The first-order valence-electron chi connectivity index (χ1n) is 7.13. The fourth-order valence-corrected chi connectivity index (χ4v) is 2.20. The maximum absolute atomic E-state index is 12.2. The Hall–Kier alpha value is -2.83. The van der Waals surface area contributed by atoms with Gasteiger partial charge in [-0.25, -0.2) is 9.97 Å². The predicted molar refractivity (Wildman–Crippen MR) is 97.4 cm³/mol. The van der Waals surface area contributed by atoms with Crippen LogP contribution in [0.5, 0.6) is 11.6 Å². The third-order valence-electron chi connectivity index (χ3n) is 3.17. The standard InChI is InChI=1S/C17H12Cl2N4O2/c18-11-1-6-15(21-9-11)25-13-4-2-12(3-5-13)23-17(24)10-7-14(19)16(20)22-8-10/h1-9H,(H2,20,22)(H,23,24). The number of hydrogen-bond acceptors (Lipinski definition) is 5. The van der Waals surface area contributed by atoms with Crippen molar-refractivity contribution < 1.29 is 9.53 Å². The van der Waals surface area contributed by atoms with Crippen LogP contribution in [0.4, 0.5) is 11.5 Å². The number of ether oxygens (including phenoxy) is 1. The number of nitrogens with one attached hydrogen (secondary N) is 1. The van der Waals surface area contributed by atoms with Crippen molar-refractivity contribution >= 4 is 40.6 Å². The van der Waals surface area contributed by atoms with E-state index in [2.05, 4.69) is 15.3 Å². The second kappa shape index (κ2) is 7.38. The Kier molecular flexibility index (Phi) is 5.02. The highest BCUT2D eigenvalue weighted by atomic mass is 35.5. The van der Waals surface area contributed by atoms with Gasteiger partial charge in [-0.15, -0.1) is 0 Å². The molecule has 25 heavy (non-hydrogen) atoms. The van der Waals surface area contributed by atoms with Crippen LogP contribution in [0.2, 0.25) is 10.0 Å². The topological polar surface area (TPSA) is 90.1 Å². The van der Waals surface area contributed by atoms with Crippen molar-refractivity contribution in [2.75, 3.05) is 11.1 Å². The van der Waals surface area contributed by atoms with Gasteiger partial charge in [0, 0.05) is 24.1 Å². The minimum absolute atomic E-state index is 0.176. The van der Waals surface area contributed by atoms with Gasteiger partial charge in [-0.05, 0) is 36.4 Å². The Balaban J connectivity index is 1.66. The van der Waals surface area contributed by atoms with Gasteiger partial charge in [0.1, 0.15) is 11.6 Å². The molecule has 2 aromatic heterocycles. The molecule has 2 heterocycles. The smallest absolute Gasteiger partial charge is 0.257 e. The molecule has 1 aromatic carbocycles. The van der Waals surface area contributed by atoms with E-state index in [1.54, 1.807) is 36.4 Å². The van der Waals surface area contributed by atoms with Gasteiger partial charge in [0.25, 0.3) is 5.91 Å². The largest absolute Gasteiger partial charge is 0.439 e. The highest BCUT2D eigenvalue weighted by molar-refractivity contribution is 6.33. The van der Waals surface area contributed by atoms with E-state index in [4.69, 9.17) is 33.7 Å². The molecule has 0 spiro atoms. The summed E-state index contributed by atoms with van der Waals surface area (Å²) in [4.78, 5) is 20.1. The maximum atomic E-state index is 12.2. The Labute approximate surface area is 153 Å². The lowest BCUT2D eigenvalue weighted by Crippen LogP contribution is -2.12. The molecule has 8 heteroatoms. The molecule has 0 bridgehead atoms. The molecule has 126 valence electrons. The highest BCUT2D eigenvalue weighted by Crippen LogP contribution is 2.23. The van der Waals surface area contributed by atoms with Gasteiger partial charge in [-0.2, -0.15) is 0 Å². The fourth-order valence-electron chi connectivity index (χ4n) is 1.93. The van der Waals surface area contributed by atoms with Crippen molar-refractivity contribution in [3.63, 3.8) is 0 Å². The molecule has 0 saturated heterocycles. The van der Waals surface area contributed by atoms with Crippen LogP contribution >= 0.6 is 23.2 Å². The van der Waals surface area contributed by atoms with Crippen molar-refractivity contribution in [2.24, 2.45) is 0 Å². The van der Waals surface area contributed by atoms with Crippen molar-refractivity contribution in [1.82, 2.24) is 9.97 Å². The van der Waals surface area contributed by atoms with E-state index >= 15 is 0 Å². The average molecular weight is 375 g/mol. The number of benzene rings is 1. The van der Waals surface area contributed by atoms with E-state index in [9.17, 15) is 4.79 Å². The molecule has 0 unspecified atom stereocenters. The van der Waals surface area contributed by atoms with Crippen molar-refractivity contribution in [3.05, 3.63) is 70.5 Å². The van der Waals surface area contributed by atoms with Gasteiger partial charge in [-0.1, -0.05) is 23.2 Å². The molecule has 0 radical (unpaired) electrons. The molecule has 0 atom stereocenters. The number of amides is 1. The number of nitrogen functional groups attached to an aromatic ring is 1. The molecule has 0 aliphatic carbocycles. The van der Waals surface area contributed by atoms with E-state index in [-0.39, 0.29) is 16.7 Å². The highest BCUT2D eigenvalue weighted by Gasteiger charge is 2.09. The summed E-state index contributed by atoms with van der Waals surface area (Å²) in [5.41, 5.74) is 6.43. The van der Waals surface area contributed by atoms with E-state index < -0.39 is 0 Å². The molecule has 3 N–H and O–H groups in total. The first-order chi connectivity index (χ1) is 12.0. The summed E-state index contributed by atoms with van der Waals surface area (Å²) in [5, 5.41) is 3.50. The third-order valence-corrected chi connectivity index (χ3v) is 3.69. The van der Waals surface area contributed by atoms with Crippen LogP contribution in [0.25, 0.3) is 0 Å². The molecule has 1 amide bonds. The zero-order valence-corrected chi connectivity index (χ0v) is 14.3. The minimum Gasteiger partial charge on any atom is -0.439 e. The lowest BCUT2D eigenvalue weighted by atomic mass is 10.2. The van der Waals surface area contributed by atoms with Crippen molar-refractivity contribution in [2.45, 2.75) is 0 Å². The van der Waals surface area contributed by atoms with Crippen LogP contribution < -0.4 is 15.8 Å². The van der Waals surface area contributed by atoms with Gasteiger partial charge in [0.2, 0.25) is 5.88 Å². The van der Waals surface area contributed by atoms with E-state index in [0.29, 0.717) is 27.9 Å². The normalized spacial score (nSPS) is 10.3. The molecule has 0 aliphatic rings. The summed E-state index contributed by atoms with van der Waals surface area (Å²) in [6.45, 7) is 0. The third kappa shape index (κ3) is 4.37. The van der Waals surface area contributed by atoms with Crippen LogP contribution in [0.3, 0.4) is 0 Å². The number of rotatable bonds is 4. The SMILES string of the molecule is Nc1ncc(C(=O)Nc2ccc(Oc3ccc(Cl)cn3)cc2)cc1Cl. The Morgan fingerprint density at radius 3 is 2.44 bits per heavy atom. The van der Waals surface area contributed by atoms with E-state index in [1.165, 1.54) is 18.5 Å². The second-order valence-corrected chi connectivity index (χ2v) is 5.83. The summed E-state index contributed by atoms with van der Waals surface area (Å²) in [5.74, 6) is 0.826. The number of aromatic nitrogens is 2. The van der Waals surface area contributed by atoms with Crippen LogP contribution in [0.1, 0.15) is 10.4 Å². The minimum atomic E-state index is -0.345. The van der Waals surface area contributed by atoms with Crippen LogP contribution in [0, 0.1) is 0 Å². The van der Waals surface area contributed by atoms with Crippen LogP contribution in [-0.2, 0) is 0 Å². The molecule has 0 fully saturated rings. The van der Waals surface area contributed by atoms with Gasteiger partial charge in [-0.3, -0.25) is 4.79 Å². The van der Waals surface area contributed by atoms with Gasteiger partial charge in [0.05, 0.1) is 15.6 Å². The van der Waals surface area contributed by atoms with Crippen LogP contribution in [0.15, 0.2) is 54.9 Å². The van der Waals surface area contributed by atoms with Gasteiger partial charge in [0.15, 0.2) is 0 Å². The van der Waals surface area contributed by atoms with Crippen LogP contribution in [-0.4, -0.2) is 15.9 Å². The number of hydrogen-bond donors (Lipinski definition) is 2. The molecule has 0 saturated carbocycles. The summed E-state index contributed by atoms with van der Waals surface area (Å²) in [6.07, 6.45) is 2.86. The number of nitrogens with two attached hydrogens (primary N) is 1. The number of carbonyl (C=O) groups excluding carboxylic acids is 1. The van der Waals surface area contributed by atoms with E-state index in [0.717, 1.165) is 0 Å². The Morgan fingerprint density at radius 2 is 1.80 bits per heavy atom. The lowest BCUT2D eigenvalue weighted by Gasteiger charge is -2.08. The van der Waals surface area contributed by atoms with Gasteiger partial charge < -0.3 is 15.8 Å². The summed E-state index contributed by atoms with van der Waals surface area (Å²) >= 11 is 11.6. The number of halogens is 2. The lowest BCUT2D eigenvalue weighted by molar-refractivity contribution is 0.102. The molecular weight excluding hydrogens is 363 g/mol. The summed E-state index contributed by atoms with van der Waals surface area (Å²) in [6, 6.07) is 11.6. The fraction of sp³-hybridized carbons (Fsp3) is 0. The molecule has 3 aromatic rings. The summed E-state index contributed by atoms with van der Waals surface area (Å²) < 4.78 is 5.58. The number of pyridine rings is 2. The second-order valence-electron chi connectivity index (χ2n) is 4.99. The predicted octanol–water partition coefficient (Wildman–Crippen LogP) is 4.41. The van der Waals surface area contributed by atoms with Crippen molar-refractivity contribution in [1.29, 1.82) is 0 Å². The Morgan fingerprint density at radius 1 is 1.04 bits per heavy atom. The summed E-state index contributed by atoms with van der Waals surface area (Å²) in [7, 11) is 0. The first kappa shape index (κ1) is 17.0. The molecule has 6 nitrogen and oxygen atoms in total. The average Bonchev–Trinajstić information content (AvgIpc) is 2.61. The monoisotopic (exact) mass is 374 g/mol. The number of anilines is 2. The van der Waals surface area contributed by atoms with E-state index in [1.807, 2.05) is 0 Å². The molecule has 0 aliphatic heterocycles. The number of carbonyl (C=O) groups is 1. The van der Waals surface area contributed by atoms with Gasteiger partial charge >= 0.3 is 0 Å². The molecular formula is C17H12Cl2N4O2. The molecule has 3 rings (SSSR count).